The Morgan fingerprint density at radius 1 is 1.00 bits per heavy atom. The van der Waals surface area contributed by atoms with Crippen molar-refractivity contribution in [3.05, 3.63) is 88.4 Å². The van der Waals surface area contributed by atoms with Gasteiger partial charge in [0.2, 0.25) is 18.6 Å². The molecule has 210 valence electrons. The van der Waals surface area contributed by atoms with Gasteiger partial charge in [0, 0.05) is 49.5 Å². The Kier molecular flexibility index (Phi) is 9.99. The Labute approximate surface area is 238 Å². The summed E-state index contributed by atoms with van der Waals surface area (Å²) in [5.74, 6) is 0.288. The third-order valence-corrected chi connectivity index (χ3v) is 6.47. The summed E-state index contributed by atoms with van der Waals surface area (Å²) >= 11 is 6.15. The number of rotatable bonds is 12. The van der Waals surface area contributed by atoms with Crippen LogP contribution in [0.15, 0.2) is 66.7 Å². The maximum absolute atomic E-state index is 14.1. The van der Waals surface area contributed by atoms with Gasteiger partial charge >= 0.3 is 0 Å². The van der Waals surface area contributed by atoms with E-state index in [2.05, 4.69) is 10.6 Å². The lowest BCUT2D eigenvalue weighted by Crippen LogP contribution is -2.43. The van der Waals surface area contributed by atoms with Crippen LogP contribution in [0.5, 0.6) is 11.5 Å². The molecule has 9 nitrogen and oxygen atoms in total. The number of carbonyl (C=O) groups excluding carboxylic acids is 3. The Bertz CT molecular complexity index is 1330. The highest BCUT2D eigenvalue weighted by atomic mass is 35.5. The largest absolute Gasteiger partial charge is 0.454 e. The zero-order chi connectivity index (χ0) is 28.5. The first-order chi connectivity index (χ1) is 19.4. The fourth-order valence-electron chi connectivity index (χ4n) is 4.33. The molecule has 3 aromatic carbocycles. The van der Waals surface area contributed by atoms with E-state index < -0.39 is 6.04 Å². The highest BCUT2D eigenvalue weighted by molar-refractivity contribution is 6.30. The number of anilines is 1. The first kappa shape index (κ1) is 28.9. The Morgan fingerprint density at radius 2 is 1.73 bits per heavy atom. The summed E-state index contributed by atoms with van der Waals surface area (Å²) < 4.78 is 16.4. The summed E-state index contributed by atoms with van der Waals surface area (Å²) in [6.07, 6.45) is 0.633. The minimum Gasteiger partial charge on any atom is -0.454 e. The molecule has 0 aliphatic carbocycles. The van der Waals surface area contributed by atoms with Crippen LogP contribution in [0.4, 0.5) is 5.69 Å². The summed E-state index contributed by atoms with van der Waals surface area (Å²) in [6, 6.07) is 17.9. The summed E-state index contributed by atoms with van der Waals surface area (Å²) in [7, 11) is 0. The van der Waals surface area contributed by atoms with Gasteiger partial charge in [-0.2, -0.15) is 0 Å². The van der Waals surface area contributed by atoms with Crippen molar-refractivity contribution in [2.24, 2.45) is 0 Å². The van der Waals surface area contributed by atoms with Crippen LogP contribution in [0, 0.1) is 0 Å². The van der Waals surface area contributed by atoms with Gasteiger partial charge in [-0.15, -0.1) is 0 Å². The number of benzene rings is 3. The number of halogens is 1. The van der Waals surface area contributed by atoms with E-state index in [9.17, 15) is 14.4 Å². The maximum Gasteiger partial charge on any atom is 0.255 e. The van der Waals surface area contributed by atoms with Crippen LogP contribution in [0.1, 0.15) is 47.8 Å². The molecule has 0 unspecified atom stereocenters. The molecule has 0 saturated heterocycles. The standard InChI is InChI=1S/C30H32ClN3O6/c1-3-38-16-4-15-32-29(36)28(22-6-10-24(31)11-7-22)34(18-21-5-14-26-27(17-21)40-19-39-26)30(37)23-8-12-25(13-9-23)33-20(2)35/h5-14,17,28H,3-4,15-16,18-19H2,1-2H3,(H,32,36)(H,33,35)/t28-/m1/s1. The van der Waals surface area contributed by atoms with Gasteiger partial charge in [0.25, 0.3) is 5.91 Å². The van der Waals surface area contributed by atoms with Crippen molar-refractivity contribution >= 4 is 35.0 Å². The molecule has 1 aliphatic rings. The van der Waals surface area contributed by atoms with E-state index >= 15 is 0 Å². The van der Waals surface area contributed by atoms with E-state index in [1.165, 1.54) is 11.8 Å². The van der Waals surface area contributed by atoms with Crippen LogP contribution in [0.3, 0.4) is 0 Å². The zero-order valence-corrected chi connectivity index (χ0v) is 23.2. The second-order valence-electron chi connectivity index (χ2n) is 9.17. The van der Waals surface area contributed by atoms with Crippen molar-refractivity contribution in [1.29, 1.82) is 0 Å². The molecule has 3 aromatic rings. The van der Waals surface area contributed by atoms with Gasteiger partial charge in [-0.3, -0.25) is 14.4 Å². The first-order valence-electron chi connectivity index (χ1n) is 13.0. The normalized spacial score (nSPS) is 12.5. The number of ether oxygens (including phenoxy) is 3. The van der Waals surface area contributed by atoms with Crippen LogP contribution >= 0.6 is 11.6 Å². The minimum atomic E-state index is -0.961. The molecule has 1 heterocycles. The highest BCUT2D eigenvalue weighted by Crippen LogP contribution is 2.34. The molecule has 0 spiro atoms. The molecule has 0 saturated carbocycles. The SMILES string of the molecule is CCOCCCNC(=O)[C@@H](c1ccc(Cl)cc1)N(Cc1ccc2c(c1)OCO2)C(=O)c1ccc(NC(C)=O)cc1. The molecule has 2 N–H and O–H groups in total. The molecule has 0 bridgehead atoms. The highest BCUT2D eigenvalue weighted by Gasteiger charge is 2.32. The van der Waals surface area contributed by atoms with E-state index in [4.69, 9.17) is 25.8 Å². The molecule has 0 aromatic heterocycles. The molecule has 1 atom stereocenters. The third-order valence-electron chi connectivity index (χ3n) is 6.22. The van der Waals surface area contributed by atoms with Crippen molar-refractivity contribution in [2.45, 2.75) is 32.9 Å². The number of nitrogens with one attached hydrogen (secondary N) is 2. The summed E-state index contributed by atoms with van der Waals surface area (Å²) in [6.45, 7) is 5.07. The van der Waals surface area contributed by atoms with Gasteiger partial charge in [0.15, 0.2) is 11.5 Å². The second-order valence-corrected chi connectivity index (χ2v) is 9.61. The maximum atomic E-state index is 14.1. The monoisotopic (exact) mass is 565 g/mol. The quantitative estimate of drug-likeness (QED) is 0.301. The van der Waals surface area contributed by atoms with E-state index in [1.54, 1.807) is 60.7 Å². The van der Waals surface area contributed by atoms with Crippen molar-refractivity contribution < 1.29 is 28.6 Å². The van der Waals surface area contributed by atoms with Crippen molar-refractivity contribution in [1.82, 2.24) is 10.2 Å². The van der Waals surface area contributed by atoms with E-state index in [0.29, 0.717) is 59.5 Å². The number of hydrogen-bond donors (Lipinski definition) is 2. The van der Waals surface area contributed by atoms with Gasteiger partial charge in [0.1, 0.15) is 6.04 Å². The fraction of sp³-hybridized carbons (Fsp3) is 0.300. The number of hydrogen-bond acceptors (Lipinski definition) is 6. The Morgan fingerprint density at radius 3 is 2.42 bits per heavy atom. The van der Waals surface area contributed by atoms with Crippen LogP contribution < -0.4 is 20.1 Å². The number of carbonyl (C=O) groups is 3. The van der Waals surface area contributed by atoms with Gasteiger partial charge in [-0.05, 0) is 73.0 Å². The van der Waals surface area contributed by atoms with Crippen LogP contribution in [-0.2, 0) is 20.9 Å². The average molecular weight is 566 g/mol. The van der Waals surface area contributed by atoms with E-state index in [1.807, 2.05) is 13.0 Å². The molecule has 0 fully saturated rings. The Balaban J connectivity index is 1.69. The van der Waals surface area contributed by atoms with Crippen LogP contribution in [0.25, 0.3) is 0 Å². The molecule has 40 heavy (non-hydrogen) atoms. The smallest absolute Gasteiger partial charge is 0.255 e. The topological polar surface area (TPSA) is 106 Å². The van der Waals surface area contributed by atoms with Crippen LogP contribution in [0.2, 0.25) is 5.02 Å². The third kappa shape index (κ3) is 7.52. The molecule has 0 radical (unpaired) electrons. The van der Waals surface area contributed by atoms with E-state index in [0.717, 1.165) is 5.56 Å². The van der Waals surface area contributed by atoms with Gasteiger partial charge in [-0.1, -0.05) is 29.8 Å². The number of amides is 3. The summed E-state index contributed by atoms with van der Waals surface area (Å²) in [5, 5.41) is 6.17. The van der Waals surface area contributed by atoms with Crippen LogP contribution in [-0.4, -0.2) is 49.2 Å². The number of fused-ring (bicyclic) bond motifs is 1. The van der Waals surface area contributed by atoms with Crippen molar-refractivity contribution in [3.8, 4) is 11.5 Å². The molecular formula is C30H32ClN3O6. The minimum absolute atomic E-state index is 0.114. The first-order valence-corrected chi connectivity index (χ1v) is 13.4. The predicted octanol–water partition coefficient (Wildman–Crippen LogP) is 4.95. The van der Waals surface area contributed by atoms with Gasteiger partial charge in [0.05, 0.1) is 0 Å². The second kappa shape index (κ2) is 13.8. The predicted molar refractivity (Wildman–Crippen MR) is 151 cm³/mol. The lowest BCUT2D eigenvalue weighted by Gasteiger charge is -2.32. The summed E-state index contributed by atoms with van der Waals surface area (Å²) in [4.78, 5) is 40.8. The van der Waals surface area contributed by atoms with Crippen molar-refractivity contribution in [2.75, 3.05) is 31.9 Å². The molecule has 1 aliphatic heterocycles. The average Bonchev–Trinajstić information content (AvgIpc) is 3.41. The van der Waals surface area contributed by atoms with Gasteiger partial charge < -0.3 is 29.7 Å². The Hall–Kier alpha value is -4.08. The van der Waals surface area contributed by atoms with Crippen molar-refractivity contribution in [3.63, 3.8) is 0 Å². The molecular weight excluding hydrogens is 534 g/mol. The fourth-order valence-corrected chi connectivity index (χ4v) is 4.45. The molecule has 4 rings (SSSR count). The number of nitrogens with zero attached hydrogens (tertiary/aromatic N) is 1. The molecule has 3 amide bonds. The molecule has 10 heteroatoms. The zero-order valence-electron chi connectivity index (χ0n) is 22.4. The van der Waals surface area contributed by atoms with Gasteiger partial charge in [-0.25, -0.2) is 0 Å². The lowest BCUT2D eigenvalue weighted by molar-refractivity contribution is -0.126. The lowest BCUT2D eigenvalue weighted by atomic mass is 10.0. The summed E-state index contributed by atoms with van der Waals surface area (Å²) in [5.41, 5.74) is 2.29. The van der Waals surface area contributed by atoms with E-state index in [-0.39, 0.29) is 31.1 Å².